The van der Waals surface area contributed by atoms with Crippen LogP contribution in [0.4, 0.5) is 14.8 Å². The van der Waals surface area contributed by atoms with Crippen molar-refractivity contribution < 1.29 is 23.9 Å². The van der Waals surface area contributed by atoms with Gasteiger partial charge in [0.05, 0.1) is 12.2 Å². The van der Waals surface area contributed by atoms with Crippen LogP contribution in [0.1, 0.15) is 62.9 Å². The lowest BCUT2D eigenvalue weighted by atomic mass is 10.0. The van der Waals surface area contributed by atoms with Crippen molar-refractivity contribution in [2.24, 2.45) is 5.92 Å². The van der Waals surface area contributed by atoms with Gasteiger partial charge in [-0.3, -0.25) is 9.69 Å². The van der Waals surface area contributed by atoms with Crippen molar-refractivity contribution in [1.82, 2.24) is 0 Å². The molecule has 0 bridgehead atoms. The number of nitrogens with one attached hydrogen (secondary N) is 1. The van der Waals surface area contributed by atoms with Crippen LogP contribution in [-0.2, 0) is 20.7 Å². The van der Waals surface area contributed by atoms with Crippen molar-refractivity contribution in [3.63, 3.8) is 0 Å². The second-order valence-electron chi connectivity index (χ2n) is 7.81. The van der Waals surface area contributed by atoms with Crippen LogP contribution in [0.5, 0.6) is 0 Å². The second-order valence-corrected chi connectivity index (χ2v) is 8.81. The Balaban J connectivity index is 1.96. The summed E-state index contributed by atoms with van der Waals surface area (Å²) in [5.74, 6) is -0.531. The first kappa shape index (κ1) is 19.7. The van der Waals surface area contributed by atoms with Gasteiger partial charge in [-0.15, -0.1) is 0 Å². The summed E-state index contributed by atoms with van der Waals surface area (Å²) in [6.07, 6.45) is 2.66. The van der Waals surface area contributed by atoms with Crippen molar-refractivity contribution in [3.05, 3.63) is 11.1 Å². The monoisotopic (exact) mass is 394 g/mol. The van der Waals surface area contributed by atoms with E-state index in [0.29, 0.717) is 35.0 Å². The number of thiophene rings is 1. The van der Waals surface area contributed by atoms with Gasteiger partial charge < -0.3 is 14.8 Å². The van der Waals surface area contributed by atoms with Gasteiger partial charge >= 0.3 is 12.1 Å². The highest BCUT2D eigenvalue weighted by molar-refractivity contribution is 7.21. The summed E-state index contributed by atoms with van der Waals surface area (Å²) >= 11 is 1.24. The van der Waals surface area contributed by atoms with E-state index >= 15 is 0 Å². The minimum absolute atomic E-state index is 0.0149. The summed E-state index contributed by atoms with van der Waals surface area (Å²) in [5, 5.41) is 4.00. The highest BCUT2D eigenvalue weighted by atomic mass is 32.1. The Bertz CT molecular complexity index is 761. The number of esters is 1. The molecule has 1 fully saturated rings. The van der Waals surface area contributed by atoms with Crippen LogP contribution in [0.3, 0.4) is 0 Å². The standard InChI is InChI=1S/C19H26N2O5S/c1-5-25-17(23)13-12-7-6-10-21(18(24)26-19(2,3)4)16(12)27-15(13)20-14(22)11-8-9-11/h11H,5-10H2,1-4H3,(H,20,22). The Labute approximate surface area is 163 Å². The van der Waals surface area contributed by atoms with Crippen molar-refractivity contribution in [2.75, 3.05) is 23.4 Å². The Morgan fingerprint density at radius 3 is 2.56 bits per heavy atom. The predicted octanol–water partition coefficient (Wildman–Crippen LogP) is 3.96. The first-order valence-electron chi connectivity index (χ1n) is 9.35. The van der Waals surface area contributed by atoms with Crippen LogP contribution in [0.25, 0.3) is 0 Å². The van der Waals surface area contributed by atoms with Gasteiger partial charge in [-0.1, -0.05) is 11.3 Å². The minimum atomic E-state index is -0.612. The lowest BCUT2D eigenvalue weighted by Gasteiger charge is -2.29. The van der Waals surface area contributed by atoms with Gasteiger partial charge in [-0.05, 0) is 53.4 Å². The molecule has 1 aromatic rings. The maximum atomic E-state index is 12.6. The molecule has 2 heterocycles. The lowest BCUT2D eigenvalue weighted by Crippen LogP contribution is -2.39. The number of ether oxygens (including phenoxy) is 2. The first-order chi connectivity index (χ1) is 12.7. The number of fused-ring (bicyclic) bond motifs is 1. The van der Waals surface area contributed by atoms with Crippen molar-refractivity contribution >= 4 is 39.3 Å². The largest absolute Gasteiger partial charge is 0.462 e. The summed E-state index contributed by atoms with van der Waals surface area (Å²) in [4.78, 5) is 39.0. The number of carbonyl (C=O) groups excluding carboxylic acids is 3. The number of amides is 2. The molecule has 3 rings (SSSR count). The molecule has 0 unspecified atom stereocenters. The van der Waals surface area contributed by atoms with Crippen LogP contribution in [0, 0.1) is 5.92 Å². The molecular formula is C19H26N2O5S. The molecule has 1 saturated carbocycles. The molecule has 1 aliphatic carbocycles. The van der Waals surface area contributed by atoms with Gasteiger partial charge in [-0.25, -0.2) is 9.59 Å². The number of hydrogen-bond acceptors (Lipinski definition) is 6. The van der Waals surface area contributed by atoms with Crippen molar-refractivity contribution in [3.8, 4) is 0 Å². The summed E-state index contributed by atoms with van der Waals surface area (Å²) in [5.41, 5.74) is 0.514. The third-order valence-corrected chi connectivity index (χ3v) is 5.49. The van der Waals surface area contributed by atoms with Crippen LogP contribution in [0.2, 0.25) is 0 Å². The smallest absolute Gasteiger partial charge is 0.415 e. The maximum absolute atomic E-state index is 12.6. The van der Waals surface area contributed by atoms with Crippen LogP contribution in [-0.4, -0.2) is 36.7 Å². The first-order valence-corrected chi connectivity index (χ1v) is 10.2. The summed E-state index contributed by atoms with van der Waals surface area (Å²) in [6, 6.07) is 0. The molecule has 148 valence electrons. The topological polar surface area (TPSA) is 84.9 Å². The van der Waals surface area contributed by atoms with Crippen LogP contribution >= 0.6 is 11.3 Å². The van der Waals surface area contributed by atoms with E-state index in [-0.39, 0.29) is 18.4 Å². The van der Waals surface area contributed by atoms with Crippen LogP contribution < -0.4 is 10.2 Å². The molecule has 2 amide bonds. The van der Waals surface area contributed by atoms with E-state index in [2.05, 4.69) is 5.32 Å². The Kier molecular flexibility index (Phi) is 5.46. The van der Waals surface area contributed by atoms with Gasteiger partial charge in [0, 0.05) is 18.0 Å². The van der Waals surface area contributed by atoms with E-state index in [1.165, 1.54) is 11.3 Å². The minimum Gasteiger partial charge on any atom is -0.462 e. The molecule has 0 radical (unpaired) electrons. The molecule has 1 aromatic heterocycles. The molecule has 0 atom stereocenters. The summed E-state index contributed by atoms with van der Waals surface area (Å²) in [7, 11) is 0. The Morgan fingerprint density at radius 1 is 1.26 bits per heavy atom. The van der Waals surface area contributed by atoms with E-state index in [9.17, 15) is 14.4 Å². The maximum Gasteiger partial charge on any atom is 0.415 e. The second kappa shape index (κ2) is 7.50. The zero-order valence-corrected chi connectivity index (χ0v) is 17.0. The molecule has 1 N–H and O–H groups in total. The van der Waals surface area contributed by atoms with Gasteiger partial charge in [-0.2, -0.15) is 0 Å². The summed E-state index contributed by atoms with van der Waals surface area (Å²) in [6.45, 7) is 7.95. The quantitative estimate of drug-likeness (QED) is 0.781. The molecule has 2 aliphatic rings. The molecule has 8 heteroatoms. The van der Waals surface area contributed by atoms with Gasteiger partial charge in [0.1, 0.15) is 15.6 Å². The van der Waals surface area contributed by atoms with E-state index in [4.69, 9.17) is 9.47 Å². The molecule has 7 nitrogen and oxygen atoms in total. The van der Waals surface area contributed by atoms with Gasteiger partial charge in [0.15, 0.2) is 0 Å². The fraction of sp³-hybridized carbons (Fsp3) is 0.632. The average molecular weight is 394 g/mol. The molecule has 1 aliphatic heterocycles. The highest BCUT2D eigenvalue weighted by Crippen LogP contribution is 2.44. The van der Waals surface area contributed by atoms with Gasteiger partial charge in [0.2, 0.25) is 5.91 Å². The zero-order valence-electron chi connectivity index (χ0n) is 16.2. The summed E-state index contributed by atoms with van der Waals surface area (Å²) < 4.78 is 10.7. The van der Waals surface area contributed by atoms with Crippen molar-refractivity contribution in [2.45, 2.75) is 59.0 Å². The SMILES string of the molecule is CCOC(=O)c1c(NC(=O)C2CC2)sc2c1CCCN2C(=O)OC(C)(C)C. The number of nitrogens with zero attached hydrogens (tertiary/aromatic N) is 1. The number of rotatable bonds is 4. The molecule has 27 heavy (non-hydrogen) atoms. The van der Waals surface area contributed by atoms with Gasteiger partial charge in [0.25, 0.3) is 0 Å². The van der Waals surface area contributed by atoms with E-state index in [1.807, 2.05) is 20.8 Å². The van der Waals surface area contributed by atoms with E-state index < -0.39 is 17.7 Å². The fourth-order valence-electron chi connectivity index (χ4n) is 2.98. The highest BCUT2D eigenvalue weighted by Gasteiger charge is 2.36. The zero-order chi connectivity index (χ0) is 19.8. The number of carbonyl (C=O) groups is 3. The molecule has 0 saturated heterocycles. The van der Waals surface area contributed by atoms with E-state index in [0.717, 1.165) is 18.4 Å². The number of anilines is 2. The van der Waals surface area contributed by atoms with E-state index in [1.54, 1.807) is 11.8 Å². The molecule has 0 spiro atoms. The predicted molar refractivity (Wildman–Crippen MR) is 104 cm³/mol. The third kappa shape index (κ3) is 4.43. The number of hydrogen-bond donors (Lipinski definition) is 1. The normalized spacial score (nSPS) is 16.5. The Morgan fingerprint density at radius 2 is 1.96 bits per heavy atom. The lowest BCUT2D eigenvalue weighted by molar-refractivity contribution is -0.117. The Hall–Kier alpha value is -2.09. The molecular weight excluding hydrogens is 368 g/mol. The van der Waals surface area contributed by atoms with Crippen LogP contribution in [0.15, 0.2) is 0 Å². The fourth-order valence-corrected chi connectivity index (χ4v) is 4.23. The molecule has 0 aromatic carbocycles. The van der Waals surface area contributed by atoms with Crippen molar-refractivity contribution in [1.29, 1.82) is 0 Å². The third-order valence-electron chi connectivity index (χ3n) is 4.32. The average Bonchev–Trinajstić information content (AvgIpc) is 3.34.